The van der Waals surface area contributed by atoms with Crippen molar-refractivity contribution in [2.75, 3.05) is 13.1 Å². The van der Waals surface area contributed by atoms with Gasteiger partial charge in [-0.2, -0.15) is 13.2 Å². The van der Waals surface area contributed by atoms with Crippen LogP contribution in [0.3, 0.4) is 0 Å². The van der Waals surface area contributed by atoms with Gasteiger partial charge in [-0.3, -0.25) is 9.79 Å². The Morgan fingerprint density at radius 3 is 2.86 bits per heavy atom. The van der Waals surface area contributed by atoms with Gasteiger partial charge in [-0.1, -0.05) is 0 Å². The van der Waals surface area contributed by atoms with Gasteiger partial charge in [-0.25, -0.2) is 0 Å². The van der Waals surface area contributed by atoms with Gasteiger partial charge in [0.2, 0.25) is 5.91 Å². The molecule has 0 radical (unpaired) electrons. The average molecular weight is 314 g/mol. The summed E-state index contributed by atoms with van der Waals surface area (Å²) in [7, 11) is 0. The molecule has 5 nitrogen and oxygen atoms in total. The van der Waals surface area contributed by atoms with Crippen LogP contribution in [0.2, 0.25) is 0 Å². The number of halogens is 3. The molecule has 0 fully saturated rings. The monoisotopic (exact) mass is 314 g/mol. The summed E-state index contributed by atoms with van der Waals surface area (Å²) in [6.07, 6.45) is -1.75. The fourth-order valence-corrected chi connectivity index (χ4v) is 2.97. The zero-order chi connectivity index (χ0) is 15.9. The van der Waals surface area contributed by atoms with Crippen LogP contribution in [0, 0.1) is 0 Å². The summed E-state index contributed by atoms with van der Waals surface area (Å²) in [4.78, 5) is 17.6. The standard InChI is InChI=1S/C14H17F3N4O/c1-8-13(22)20-11-5-12(21-3-2-18-7-21)9(4-10(11)19-8)6-14(15,16)17/h4,7-8,12,19H,2-3,5-6H2,1H3,(H,20,22). The van der Waals surface area contributed by atoms with Crippen molar-refractivity contribution in [2.24, 2.45) is 4.99 Å². The number of carbonyl (C=O) groups is 1. The zero-order valence-corrected chi connectivity index (χ0v) is 12.1. The molecule has 0 aromatic carbocycles. The molecule has 3 rings (SSSR count). The lowest BCUT2D eigenvalue weighted by molar-refractivity contribution is -0.128. The van der Waals surface area contributed by atoms with Crippen LogP contribution in [0.25, 0.3) is 0 Å². The summed E-state index contributed by atoms with van der Waals surface area (Å²) in [5, 5.41) is 5.75. The summed E-state index contributed by atoms with van der Waals surface area (Å²) in [5.41, 5.74) is 1.54. The van der Waals surface area contributed by atoms with Gasteiger partial charge >= 0.3 is 6.18 Å². The summed E-state index contributed by atoms with van der Waals surface area (Å²) in [5.74, 6) is -0.166. The molecule has 0 saturated heterocycles. The number of nitrogens with zero attached hydrogens (tertiary/aromatic N) is 2. The number of carbonyl (C=O) groups excluding carboxylic acids is 1. The van der Waals surface area contributed by atoms with E-state index in [4.69, 9.17) is 0 Å². The molecule has 22 heavy (non-hydrogen) atoms. The molecule has 2 N–H and O–H groups in total. The van der Waals surface area contributed by atoms with E-state index < -0.39 is 24.7 Å². The summed E-state index contributed by atoms with van der Waals surface area (Å²) in [6, 6.07) is -0.867. The van der Waals surface area contributed by atoms with Gasteiger partial charge in [0.25, 0.3) is 0 Å². The maximum absolute atomic E-state index is 12.9. The largest absolute Gasteiger partial charge is 0.392 e. The number of hydrogen-bond donors (Lipinski definition) is 2. The van der Waals surface area contributed by atoms with Crippen molar-refractivity contribution in [1.29, 1.82) is 0 Å². The van der Waals surface area contributed by atoms with Crippen LogP contribution in [-0.2, 0) is 4.79 Å². The molecule has 0 aromatic rings. The van der Waals surface area contributed by atoms with E-state index in [1.54, 1.807) is 13.3 Å². The molecule has 2 atom stereocenters. The van der Waals surface area contributed by atoms with Gasteiger partial charge in [0.05, 0.1) is 31.0 Å². The van der Waals surface area contributed by atoms with Gasteiger partial charge in [-0.05, 0) is 18.6 Å². The van der Waals surface area contributed by atoms with E-state index >= 15 is 0 Å². The van der Waals surface area contributed by atoms with Crippen molar-refractivity contribution in [1.82, 2.24) is 15.5 Å². The first-order chi connectivity index (χ1) is 10.3. The highest BCUT2D eigenvalue weighted by molar-refractivity contribution is 5.85. The Hall–Kier alpha value is -1.99. The molecule has 2 unspecified atom stereocenters. The lowest BCUT2D eigenvalue weighted by atomic mass is 9.90. The molecule has 2 heterocycles. The van der Waals surface area contributed by atoms with E-state index in [1.165, 1.54) is 6.08 Å². The van der Waals surface area contributed by atoms with E-state index in [2.05, 4.69) is 15.6 Å². The maximum atomic E-state index is 12.9. The number of amides is 1. The molecule has 0 bridgehead atoms. The number of rotatable bonds is 2. The lowest BCUT2D eigenvalue weighted by Gasteiger charge is -2.37. The van der Waals surface area contributed by atoms with Gasteiger partial charge in [0.1, 0.15) is 6.04 Å². The van der Waals surface area contributed by atoms with Crippen molar-refractivity contribution in [3.05, 3.63) is 23.0 Å². The lowest BCUT2D eigenvalue weighted by Crippen LogP contribution is -2.50. The topological polar surface area (TPSA) is 56.7 Å². The molecule has 2 aliphatic heterocycles. The Bertz CT molecular complexity index is 579. The second-order valence-electron chi connectivity index (χ2n) is 5.74. The first-order valence-corrected chi connectivity index (χ1v) is 7.17. The highest BCUT2D eigenvalue weighted by Gasteiger charge is 2.38. The van der Waals surface area contributed by atoms with Gasteiger partial charge in [-0.15, -0.1) is 0 Å². The number of alkyl halides is 3. The van der Waals surface area contributed by atoms with Crippen LogP contribution in [0.4, 0.5) is 13.2 Å². The quantitative estimate of drug-likeness (QED) is 0.808. The van der Waals surface area contributed by atoms with E-state index in [-0.39, 0.29) is 5.91 Å². The molecule has 0 spiro atoms. The van der Waals surface area contributed by atoms with E-state index in [1.807, 2.05) is 4.90 Å². The average Bonchev–Trinajstić information content (AvgIpc) is 2.92. The minimum absolute atomic E-state index is 0.166. The molecule has 8 heteroatoms. The minimum Gasteiger partial charge on any atom is -0.372 e. The van der Waals surface area contributed by atoms with Gasteiger partial charge in [0, 0.05) is 18.7 Å². The van der Waals surface area contributed by atoms with Crippen LogP contribution < -0.4 is 10.6 Å². The highest BCUT2D eigenvalue weighted by atomic mass is 19.4. The molecular formula is C14H17F3N4O. The zero-order valence-electron chi connectivity index (χ0n) is 12.1. The number of aliphatic imine (C=N–C) groups is 1. The van der Waals surface area contributed by atoms with Gasteiger partial charge in [0.15, 0.2) is 0 Å². The van der Waals surface area contributed by atoms with Crippen LogP contribution in [0.15, 0.2) is 28.0 Å². The Kier molecular flexibility index (Phi) is 3.62. The van der Waals surface area contributed by atoms with Crippen molar-refractivity contribution in [3.63, 3.8) is 0 Å². The third-order valence-corrected chi connectivity index (χ3v) is 4.04. The Labute approximate surface area is 125 Å². The highest BCUT2D eigenvalue weighted by Crippen LogP contribution is 2.35. The Morgan fingerprint density at radius 1 is 1.45 bits per heavy atom. The van der Waals surface area contributed by atoms with E-state index in [0.717, 1.165) is 0 Å². The Morgan fingerprint density at radius 2 is 2.23 bits per heavy atom. The predicted octanol–water partition coefficient (Wildman–Crippen LogP) is 1.30. The maximum Gasteiger partial charge on any atom is 0.392 e. The predicted molar refractivity (Wildman–Crippen MR) is 75.0 cm³/mol. The molecular weight excluding hydrogens is 297 g/mol. The van der Waals surface area contributed by atoms with Crippen LogP contribution in [-0.4, -0.2) is 48.5 Å². The summed E-state index contributed by atoms with van der Waals surface area (Å²) >= 11 is 0. The molecule has 1 amide bonds. The number of hydrogen-bond acceptors (Lipinski definition) is 4. The smallest absolute Gasteiger partial charge is 0.372 e. The fraction of sp³-hybridized carbons (Fsp3) is 0.571. The first kappa shape index (κ1) is 14.9. The summed E-state index contributed by atoms with van der Waals surface area (Å²) < 4.78 is 38.6. The first-order valence-electron chi connectivity index (χ1n) is 7.17. The number of nitrogens with one attached hydrogen (secondary N) is 2. The molecule has 1 aliphatic carbocycles. The molecule has 0 aromatic heterocycles. The van der Waals surface area contributed by atoms with Crippen molar-refractivity contribution >= 4 is 12.2 Å². The fourth-order valence-electron chi connectivity index (χ4n) is 2.97. The molecule has 3 aliphatic rings. The second kappa shape index (κ2) is 5.33. The van der Waals surface area contributed by atoms with Crippen LogP contribution >= 0.6 is 0 Å². The van der Waals surface area contributed by atoms with Crippen molar-refractivity contribution < 1.29 is 18.0 Å². The van der Waals surface area contributed by atoms with Crippen molar-refractivity contribution in [2.45, 2.75) is 38.0 Å². The minimum atomic E-state index is -4.26. The van der Waals surface area contributed by atoms with E-state index in [9.17, 15) is 18.0 Å². The normalized spacial score (nSPS) is 28.3. The molecule has 120 valence electrons. The second-order valence-corrected chi connectivity index (χ2v) is 5.74. The number of allylic oxidation sites excluding steroid dienone is 1. The molecule has 0 saturated carbocycles. The summed E-state index contributed by atoms with van der Waals surface area (Å²) in [6.45, 7) is 2.86. The van der Waals surface area contributed by atoms with Gasteiger partial charge < -0.3 is 15.5 Å². The SMILES string of the molecule is CC1NC2=C(CC(N3C=NCC3)C(CC(F)(F)F)=C2)NC1=O. The van der Waals surface area contributed by atoms with Crippen LogP contribution in [0.5, 0.6) is 0 Å². The van der Waals surface area contributed by atoms with Crippen molar-refractivity contribution in [3.8, 4) is 0 Å². The van der Waals surface area contributed by atoms with E-state index in [0.29, 0.717) is 36.5 Å². The van der Waals surface area contributed by atoms with Crippen LogP contribution in [0.1, 0.15) is 19.8 Å². The Balaban J connectivity index is 1.91. The third-order valence-electron chi connectivity index (χ3n) is 4.04. The third kappa shape index (κ3) is 2.95.